The van der Waals surface area contributed by atoms with E-state index in [0.717, 1.165) is 18.1 Å². The Kier molecular flexibility index (Phi) is 3.19. The average Bonchev–Trinajstić information content (AvgIpc) is 2.52. The molecule has 12 heavy (non-hydrogen) atoms. The van der Waals surface area contributed by atoms with Crippen LogP contribution in [0.15, 0.2) is 0 Å². The smallest absolute Gasteiger partial charge is 0.150 e. The highest BCUT2D eigenvalue weighted by Gasteiger charge is 2.04. The molecule has 0 amide bonds. The van der Waals surface area contributed by atoms with E-state index in [2.05, 4.69) is 20.5 Å². The van der Waals surface area contributed by atoms with Gasteiger partial charge in [-0.2, -0.15) is 5.10 Å². The molecule has 0 saturated heterocycles. The summed E-state index contributed by atoms with van der Waals surface area (Å²) in [6.07, 6.45) is 1.48. The molecule has 0 bridgehead atoms. The van der Waals surface area contributed by atoms with Crippen LogP contribution in [0.1, 0.15) is 18.6 Å². The maximum atomic E-state index is 5.66. The molecule has 1 aromatic heterocycles. The van der Waals surface area contributed by atoms with Crippen molar-refractivity contribution < 1.29 is 0 Å². The molecule has 68 valence electrons. The van der Waals surface area contributed by atoms with Gasteiger partial charge in [0.2, 0.25) is 0 Å². The molecule has 1 rings (SSSR count). The molecule has 0 aliphatic heterocycles. The second kappa shape index (κ2) is 4.18. The maximum Gasteiger partial charge on any atom is 0.150 e. The Bertz CT molecular complexity index is 231. The predicted molar refractivity (Wildman–Crippen MR) is 46.5 cm³/mol. The van der Waals surface area contributed by atoms with E-state index in [1.807, 2.05) is 14.0 Å². The van der Waals surface area contributed by atoms with Gasteiger partial charge < -0.3 is 11.1 Å². The van der Waals surface area contributed by atoms with E-state index in [4.69, 9.17) is 5.73 Å². The van der Waals surface area contributed by atoms with Crippen molar-refractivity contribution in [2.24, 2.45) is 5.73 Å². The Morgan fingerprint density at radius 2 is 2.42 bits per heavy atom. The predicted octanol–water partition coefficient (Wildman–Crippen LogP) is -0.586. The fourth-order valence-electron chi connectivity index (χ4n) is 0.895. The van der Waals surface area contributed by atoms with Crippen LogP contribution in [0, 0.1) is 0 Å². The van der Waals surface area contributed by atoms with E-state index in [1.54, 1.807) is 0 Å². The molecule has 0 spiro atoms. The number of nitrogens with one attached hydrogen (secondary N) is 2. The first-order valence-corrected chi connectivity index (χ1v) is 4.09. The van der Waals surface area contributed by atoms with Crippen molar-refractivity contribution in [2.45, 2.75) is 25.9 Å². The van der Waals surface area contributed by atoms with Gasteiger partial charge in [-0.05, 0) is 7.05 Å². The zero-order chi connectivity index (χ0) is 8.97. The number of aromatic amines is 1. The summed E-state index contributed by atoms with van der Waals surface area (Å²) in [7, 11) is 1.82. The van der Waals surface area contributed by atoms with Gasteiger partial charge in [-0.1, -0.05) is 6.92 Å². The summed E-state index contributed by atoms with van der Waals surface area (Å²) in [5, 5.41) is 9.77. The highest BCUT2D eigenvalue weighted by molar-refractivity contribution is 4.91. The molecular weight excluding hydrogens is 154 g/mol. The van der Waals surface area contributed by atoms with Gasteiger partial charge in [0, 0.05) is 12.8 Å². The number of aromatic nitrogens is 3. The number of aryl methyl sites for hydroxylation is 1. The van der Waals surface area contributed by atoms with E-state index in [-0.39, 0.29) is 6.17 Å². The van der Waals surface area contributed by atoms with Crippen LogP contribution in [0.4, 0.5) is 0 Å². The molecule has 1 atom stereocenters. The lowest BCUT2D eigenvalue weighted by atomic mass is 10.3. The number of H-pyrrole nitrogens is 1. The Labute approximate surface area is 71.8 Å². The van der Waals surface area contributed by atoms with Crippen LogP contribution in [-0.4, -0.2) is 28.4 Å². The lowest BCUT2D eigenvalue weighted by Crippen LogP contribution is -2.36. The van der Waals surface area contributed by atoms with E-state index < -0.39 is 0 Å². The summed E-state index contributed by atoms with van der Waals surface area (Å²) >= 11 is 0. The van der Waals surface area contributed by atoms with Crippen LogP contribution in [0.5, 0.6) is 0 Å². The normalized spacial score (nSPS) is 13.2. The van der Waals surface area contributed by atoms with Crippen LogP contribution in [-0.2, 0) is 12.8 Å². The molecule has 5 heteroatoms. The second-order valence-electron chi connectivity index (χ2n) is 2.65. The SMILES string of the molecule is CCc1n[nH]c(CC(N)NC)n1. The minimum absolute atomic E-state index is 0.0531. The number of hydrogen-bond acceptors (Lipinski definition) is 4. The lowest BCUT2D eigenvalue weighted by molar-refractivity contribution is 0.567. The van der Waals surface area contributed by atoms with Gasteiger partial charge in [0.25, 0.3) is 0 Å². The minimum Gasteiger partial charge on any atom is -0.316 e. The quantitative estimate of drug-likeness (QED) is 0.526. The Hall–Kier alpha value is -0.940. The number of hydrogen-bond donors (Lipinski definition) is 3. The first kappa shape index (κ1) is 9.15. The Morgan fingerprint density at radius 3 is 2.92 bits per heavy atom. The third-order valence-corrected chi connectivity index (χ3v) is 1.68. The fourth-order valence-corrected chi connectivity index (χ4v) is 0.895. The van der Waals surface area contributed by atoms with Crippen LogP contribution in [0.25, 0.3) is 0 Å². The molecule has 0 aliphatic rings. The van der Waals surface area contributed by atoms with Crippen molar-refractivity contribution in [2.75, 3.05) is 7.05 Å². The number of nitrogens with zero attached hydrogens (tertiary/aromatic N) is 2. The highest BCUT2D eigenvalue weighted by Crippen LogP contribution is 1.95. The zero-order valence-corrected chi connectivity index (χ0v) is 7.46. The van der Waals surface area contributed by atoms with Crippen LogP contribution >= 0.6 is 0 Å². The van der Waals surface area contributed by atoms with Crippen LogP contribution in [0.2, 0.25) is 0 Å². The van der Waals surface area contributed by atoms with Gasteiger partial charge in [0.1, 0.15) is 11.6 Å². The molecule has 1 aromatic rings. The fraction of sp³-hybridized carbons (Fsp3) is 0.714. The van der Waals surface area contributed by atoms with Crippen LogP contribution < -0.4 is 11.1 Å². The lowest BCUT2D eigenvalue weighted by Gasteiger charge is -2.05. The molecule has 0 radical (unpaired) electrons. The molecule has 1 unspecified atom stereocenters. The summed E-state index contributed by atoms with van der Waals surface area (Å²) in [5.74, 6) is 1.68. The van der Waals surface area contributed by atoms with Crippen molar-refractivity contribution in [1.82, 2.24) is 20.5 Å². The Balaban J connectivity index is 2.52. The minimum atomic E-state index is -0.0531. The van der Waals surface area contributed by atoms with Gasteiger partial charge in [-0.15, -0.1) is 0 Å². The van der Waals surface area contributed by atoms with E-state index in [1.165, 1.54) is 0 Å². The third-order valence-electron chi connectivity index (χ3n) is 1.68. The van der Waals surface area contributed by atoms with Gasteiger partial charge >= 0.3 is 0 Å². The van der Waals surface area contributed by atoms with Crippen molar-refractivity contribution >= 4 is 0 Å². The molecule has 0 aliphatic carbocycles. The Morgan fingerprint density at radius 1 is 1.67 bits per heavy atom. The van der Waals surface area contributed by atoms with E-state index in [9.17, 15) is 0 Å². The number of nitrogens with two attached hydrogens (primary N) is 1. The molecule has 5 nitrogen and oxygen atoms in total. The summed E-state index contributed by atoms with van der Waals surface area (Å²) < 4.78 is 0. The number of likely N-dealkylation sites (N-methyl/N-ethyl adjacent to an activating group) is 1. The standard InChI is InChI=1S/C7H15N5/c1-3-6-10-7(12-11-6)4-5(8)9-2/h5,9H,3-4,8H2,1-2H3,(H,10,11,12). The number of rotatable bonds is 4. The van der Waals surface area contributed by atoms with E-state index >= 15 is 0 Å². The van der Waals surface area contributed by atoms with Crippen molar-refractivity contribution in [3.8, 4) is 0 Å². The average molecular weight is 169 g/mol. The topological polar surface area (TPSA) is 79.6 Å². The molecule has 1 heterocycles. The highest BCUT2D eigenvalue weighted by atomic mass is 15.2. The second-order valence-corrected chi connectivity index (χ2v) is 2.65. The first-order valence-electron chi connectivity index (χ1n) is 4.09. The molecule has 0 fully saturated rings. The van der Waals surface area contributed by atoms with Gasteiger partial charge in [-0.3, -0.25) is 5.10 Å². The van der Waals surface area contributed by atoms with Crippen molar-refractivity contribution in [3.63, 3.8) is 0 Å². The molecule has 0 saturated carbocycles. The van der Waals surface area contributed by atoms with Crippen LogP contribution in [0.3, 0.4) is 0 Å². The monoisotopic (exact) mass is 169 g/mol. The first-order chi connectivity index (χ1) is 5.76. The van der Waals surface area contributed by atoms with Gasteiger partial charge in [0.15, 0.2) is 0 Å². The molecule has 0 aromatic carbocycles. The van der Waals surface area contributed by atoms with Crippen molar-refractivity contribution in [3.05, 3.63) is 11.6 Å². The van der Waals surface area contributed by atoms with Gasteiger partial charge in [-0.25, -0.2) is 4.98 Å². The van der Waals surface area contributed by atoms with Crippen molar-refractivity contribution in [1.29, 1.82) is 0 Å². The summed E-state index contributed by atoms with van der Waals surface area (Å²) in [4.78, 5) is 4.23. The van der Waals surface area contributed by atoms with E-state index in [0.29, 0.717) is 6.42 Å². The largest absolute Gasteiger partial charge is 0.316 e. The summed E-state index contributed by atoms with van der Waals surface area (Å²) in [6.45, 7) is 2.02. The molecule has 4 N–H and O–H groups in total. The van der Waals surface area contributed by atoms with Gasteiger partial charge in [0.05, 0.1) is 6.17 Å². The summed E-state index contributed by atoms with van der Waals surface area (Å²) in [6, 6.07) is 0. The zero-order valence-electron chi connectivity index (χ0n) is 7.46. The molecular formula is C7H15N5. The third kappa shape index (κ3) is 2.28. The maximum absolute atomic E-state index is 5.66. The summed E-state index contributed by atoms with van der Waals surface area (Å²) in [5.41, 5.74) is 5.66.